The van der Waals surface area contributed by atoms with Gasteiger partial charge in [-0.1, -0.05) is 36.4 Å². The molecule has 30 heavy (non-hydrogen) atoms. The van der Waals surface area contributed by atoms with Crippen LogP contribution in [0.4, 0.5) is 0 Å². The van der Waals surface area contributed by atoms with Crippen molar-refractivity contribution in [1.82, 2.24) is 0 Å². The van der Waals surface area contributed by atoms with Crippen LogP contribution in [0.3, 0.4) is 0 Å². The molecule has 0 aromatic heterocycles. The summed E-state index contributed by atoms with van der Waals surface area (Å²) in [4.78, 5) is 34.9. The molecule has 0 unspecified atom stereocenters. The third kappa shape index (κ3) is 6.96. The summed E-state index contributed by atoms with van der Waals surface area (Å²) in [7, 11) is 0. The molecule has 1 aliphatic heterocycles. The monoisotopic (exact) mass is 420 g/mol. The van der Waals surface area contributed by atoms with Gasteiger partial charge in [0.1, 0.15) is 24.9 Å². The molecule has 0 spiro atoms. The highest BCUT2D eigenvalue weighted by Gasteiger charge is 2.50. The first-order valence-electron chi connectivity index (χ1n) is 9.71. The van der Waals surface area contributed by atoms with Crippen LogP contribution in [0.5, 0.6) is 0 Å². The fraction of sp³-hybridized carbons (Fsp3) is 0.500. The first kappa shape index (κ1) is 23.6. The zero-order chi connectivity index (χ0) is 22.1. The highest BCUT2D eigenvalue weighted by molar-refractivity contribution is 5.67. The fourth-order valence-electron chi connectivity index (χ4n) is 3.30. The van der Waals surface area contributed by atoms with Crippen LogP contribution in [-0.2, 0) is 44.7 Å². The van der Waals surface area contributed by atoms with Crippen molar-refractivity contribution >= 4 is 17.9 Å². The van der Waals surface area contributed by atoms with E-state index in [0.29, 0.717) is 6.42 Å². The molecule has 1 aromatic rings. The molecule has 0 radical (unpaired) electrons. The van der Waals surface area contributed by atoms with Crippen LogP contribution in [0.25, 0.3) is 0 Å². The number of esters is 3. The van der Waals surface area contributed by atoms with Gasteiger partial charge in [0, 0.05) is 20.8 Å². The van der Waals surface area contributed by atoms with E-state index in [1.54, 1.807) is 6.08 Å². The lowest BCUT2D eigenvalue weighted by Gasteiger charge is -2.45. The third-order valence-electron chi connectivity index (χ3n) is 4.47. The van der Waals surface area contributed by atoms with Crippen molar-refractivity contribution in [3.8, 4) is 0 Å². The smallest absolute Gasteiger partial charge is 0.303 e. The minimum absolute atomic E-state index is 0.140. The minimum Gasteiger partial charge on any atom is -0.463 e. The molecule has 0 saturated carbocycles. The highest BCUT2D eigenvalue weighted by atomic mass is 16.6. The van der Waals surface area contributed by atoms with E-state index in [1.165, 1.54) is 20.8 Å². The van der Waals surface area contributed by atoms with E-state index in [2.05, 4.69) is 6.58 Å². The molecule has 8 heteroatoms. The summed E-state index contributed by atoms with van der Waals surface area (Å²) in [6, 6.07) is 9.41. The Kier molecular flexibility index (Phi) is 9.01. The average Bonchev–Trinajstić information content (AvgIpc) is 2.68. The number of hydrogen-bond donors (Lipinski definition) is 0. The summed E-state index contributed by atoms with van der Waals surface area (Å²) in [5.41, 5.74) is 0.893. The molecule has 1 aliphatic rings. The maximum Gasteiger partial charge on any atom is 0.303 e. The van der Waals surface area contributed by atoms with Crippen molar-refractivity contribution in [3.63, 3.8) is 0 Å². The van der Waals surface area contributed by atoms with Crippen molar-refractivity contribution in [2.45, 2.75) is 64.3 Å². The van der Waals surface area contributed by atoms with Crippen molar-refractivity contribution < 1.29 is 38.1 Å². The van der Waals surface area contributed by atoms with E-state index in [4.69, 9.17) is 23.7 Å². The van der Waals surface area contributed by atoms with Crippen LogP contribution in [0.1, 0.15) is 32.8 Å². The number of ether oxygens (including phenoxy) is 5. The second-order valence-corrected chi connectivity index (χ2v) is 6.95. The van der Waals surface area contributed by atoms with Gasteiger partial charge < -0.3 is 23.7 Å². The van der Waals surface area contributed by atoms with E-state index in [-0.39, 0.29) is 13.2 Å². The molecule has 8 nitrogen and oxygen atoms in total. The van der Waals surface area contributed by atoms with E-state index in [1.807, 2.05) is 30.3 Å². The summed E-state index contributed by atoms with van der Waals surface area (Å²) in [5, 5.41) is 0. The zero-order valence-electron chi connectivity index (χ0n) is 17.4. The van der Waals surface area contributed by atoms with Gasteiger partial charge in [-0.3, -0.25) is 14.4 Å². The fourth-order valence-corrected chi connectivity index (χ4v) is 3.30. The van der Waals surface area contributed by atoms with Gasteiger partial charge >= 0.3 is 17.9 Å². The van der Waals surface area contributed by atoms with Gasteiger partial charge in [0.25, 0.3) is 0 Å². The quantitative estimate of drug-likeness (QED) is 0.341. The largest absolute Gasteiger partial charge is 0.463 e. The summed E-state index contributed by atoms with van der Waals surface area (Å²) in [6.45, 7) is 7.59. The van der Waals surface area contributed by atoms with Gasteiger partial charge in [-0.15, -0.1) is 6.58 Å². The maximum absolute atomic E-state index is 11.8. The van der Waals surface area contributed by atoms with Crippen LogP contribution in [-0.4, -0.2) is 55.0 Å². The molecule has 0 aliphatic carbocycles. The molecule has 164 valence electrons. The van der Waals surface area contributed by atoms with E-state index >= 15 is 0 Å². The predicted octanol–water partition coefficient (Wildman–Crippen LogP) is 2.34. The van der Waals surface area contributed by atoms with Gasteiger partial charge in [-0.2, -0.15) is 0 Å². The first-order chi connectivity index (χ1) is 14.3. The first-order valence-corrected chi connectivity index (χ1v) is 9.71. The summed E-state index contributed by atoms with van der Waals surface area (Å²) >= 11 is 0. The van der Waals surface area contributed by atoms with Crippen molar-refractivity contribution in [1.29, 1.82) is 0 Å². The van der Waals surface area contributed by atoms with Crippen LogP contribution in [0.2, 0.25) is 0 Å². The Bertz CT molecular complexity index is 732. The highest BCUT2D eigenvalue weighted by Crippen LogP contribution is 2.31. The minimum atomic E-state index is -0.948. The van der Waals surface area contributed by atoms with Gasteiger partial charge in [0.05, 0.1) is 6.61 Å². The summed E-state index contributed by atoms with van der Waals surface area (Å²) < 4.78 is 28.2. The number of rotatable bonds is 9. The Hall–Kier alpha value is -2.71. The lowest BCUT2D eigenvalue weighted by molar-refractivity contribution is -0.257. The van der Waals surface area contributed by atoms with Crippen molar-refractivity contribution in [3.05, 3.63) is 48.6 Å². The average molecular weight is 420 g/mol. The topological polar surface area (TPSA) is 97.4 Å². The molecule has 0 N–H and O–H groups in total. The number of carbonyl (C=O) groups is 3. The van der Waals surface area contributed by atoms with Crippen LogP contribution < -0.4 is 0 Å². The second-order valence-electron chi connectivity index (χ2n) is 6.95. The lowest BCUT2D eigenvalue weighted by atomic mass is 9.92. The standard InChI is InChI=1S/C22H28O8/c1-5-9-18-20(28-15(3)24)22(27-12-17-10-7-6-8-11-17)21(29-16(4)25)19(30-18)13-26-14(2)23/h5-8,10-11,18-22H,1,9,12-13H2,2-4H3/t18-,19-,20+,21-,22-/m1/s1. The zero-order valence-corrected chi connectivity index (χ0v) is 17.4. The SMILES string of the molecule is C=CC[C@H]1O[C@H](COC(C)=O)[C@@H](OC(C)=O)[C@H](OCc2ccccc2)[C@H]1OC(C)=O. The van der Waals surface area contributed by atoms with Crippen molar-refractivity contribution in [2.75, 3.05) is 6.61 Å². The number of hydrogen-bond acceptors (Lipinski definition) is 8. The molecule has 2 rings (SSSR count). The Morgan fingerprint density at radius 1 is 0.933 bits per heavy atom. The molecule has 5 atom stereocenters. The number of benzene rings is 1. The van der Waals surface area contributed by atoms with Crippen LogP contribution in [0, 0.1) is 0 Å². The predicted molar refractivity (Wildman–Crippen MR) is 106 cm³/mol. The molecule has 0 amide bonds. The van der Waals surface area contributed by atoms with Gasteiger partial charge in [-0.05, 0) is 12.0 Å². The lowest BCUT2D eigenvalue weighted by Crippen LogP contribution is -2.61. The number of carbonyl (C=O) groups excluding carboxylic acids is 3. The Morgan fingerprint density at radius 3 is 2.07 bits per heavy atom. The van der Waals surface area contributed by atoms with E-state index in [9.17, 15) is 14.4 Å². The molecule has 0 bridgehead atoms. The normalized spacial score (nSPS) is 25.8. The third-order valence-corrected chi connectivity index (χ3v) is 4.47. The van der Waals surface area contributed by atoms with E-state index < -0.39 is 48.4 Å². The molecular formula is C22H28O8. The van der Waals surface area contributed by atoms with Crippen LogP contribution >= 0.6 is 0 Å². The summed E-state index contributed by atoms with van der Waals surface area (Å²) in [5.74, 6) is -1.58. The molecule has 1 saturated heterocycles. The molecule has 1 heterocycles. The molecule has 1 fully saturated rings. The Morgan fingerprint density at radius 2 is 1.53 bits per heavy atom. The van der Waals surface area contributed by atoms with Gasteiger partial charge in [0.15, 0.2) is 12.2 Å². The summed E-state index contributed by atoms with van der Waals surface area (Å²) in [6.07, 6.45) is -2.05. The second kappa shape index (κ2) is 11.5. The molecule has 1 aromatic carbocycles. The molecular weight excluding hydrogens is 392 g/mol. The van der Waals surface area contributed by atoms with Crippen LogP contribution in [0.15, 0.2) is 43.0 Å². The Labute approximate surface area is 176 Å². The Balaban J connectivity index is 2.35. The van der Waals surface area contributed by atoms with Gasteiger partial charge in [0.2, 0.25) is 0 Å². The maximum atomic E-state index is 11.8. The van der Waals surface area contributed by atoms with Crippen molar-refractivity contribution in [2.24, 2.45) is 0 Å². The van der Waals surface area contributed by atoms with E-state index in [0.717, 1.165) is 5.56 Å². The van der Waals surface area contributed by atoms with Gasteiger partial charge in [-0.25, -0.2) is 0 Å².